The van der Waals surface area contributed by atoms with Crippen LogP contribution in [0.15, 0.2) is 0 Å². The van der Waals surface area contributed by atoms with E-state index in [1.54, 1.807) is 0 Å². The molecule has 0 saturated heterocycles. The van der Waals surface area contributed by atoms with Crippen molar-refractivity contribution in [2.24, 2.45) is 0 Å². The zero-order valence-corrected chi connectivity index (χ0v) is 9.38. The van der Waals surface area contributed by atoms with Crippen molar-refractivity contribution in [3.05, 3.63) is 0 Å². The van der Waals surface area contributed by atoms with E-state index in [0.29, 0.717) is 0 Å². The molecule has 0 bridgehead atoms. The Labute approximate surface area is 71.9 Å². The van der Waals surface area contributed by atoms with E-state index >= 15 is 0 Å². The van der Waals surface area contributed by atoms with Crippen molar-refractivity contribution in [2.45, 2.75) is 0 Å². The second kappa shape index (κ2) is 3.35. The first-order valence-electron chi connectivity index (χ1n) is 0.667. The topological polar surface area (TPSA) is 80.3 Å². The molecule has 0 amide bonds. The van der Waals surface area contributed by atoms with Crippen LogP contribution in [0, 0.1) is 45.0 Å². The van der Waals surface area contributed by atoms with Crippen LogP contribution in [0.4, 0.5) is 0 Å². The molecule has 0 aliphatic carbocycles. The molecule has 6 heavy (non-hydrogen) atoms. The number of hydrogen-bond acceptors (Lipinski definition) is 4. The molecule has 2 radical (unpaired) electrons. The van der Waals surface area contributed by atoms with Gasteiger partial charge in [-0.1, -0.05) is 0 Å². The van der Waals surface area contributed by atoms with Gasteiger partial charge in [-0.3, -0.25) is 8.42 Å². The van der Waals surface area contributed by atoms with Crippen molar-refractivity contribution in [1.29, 1.82) is 0 Å². The molecule has 0 aromatic rings. The van der Waals surface area contributed by atoms with Gasteiger partial charge >= 0.3 is 0 Å². The van der Waals surface area contributed by atoms with Gasteiger partial charge in [0.2, 0.25) is 0 Å². The van der Waals surface area contributed by atoms with Crippen molar-refractivity contribution >= 4 is 10.4 Å². The molecule has 0 fully saturated rings. The SMILES string of the molecule is O=S(=O)([O-])[O-].[Ra]. The molecule has 4 nitrogen and oxygen atoms in total. The minimum atomic E-state index is -5.17. The van der Waals surface area contributed by atoms with E-state index in [-0.39, 0.29) is 45.0 Å². The molecule has 0 aromatic heterocycles. The van der Waals surface area contributed by atoms with Gasteiger partial charge in [-0.05, 0) is 0 Å². The quantitative estimate of drug-likeness (QED) is 0.408. The van der Waals surface area contributed by atoms with Crippen molar-refractivity contribution in [3.63, 3.8) is 0 Å². The Bertz CT molecular complexity index is 90.7. The molecule has 0 heterocycles. The van der Waals surface area contributed by atoms with Gasteiger partial charge < -0.3 is 9.11 Å². The van der Waals surface area contributed by atoms with Crippen LogP contribution in [-0.4, -0.2) is 17.5 Å². The van der Waals surface area contributed by atoms with Crippen LogP contribution >= 0.6 is 0 Å². The van der Waals surface area contributed by atoms with Crippen LogP contribution < -0.4 is 0 Å². The third-order valence-electron chi connectivity index (χ3n) is 0. The maximum Gasteiger partial charge on any atom is 0.0311 e. The van der Waals surface area contributed by atoms with E-state index in [9.17, 15) is 0 Å². The van der Waals surface area contributed by atoms with E-state index in [4.69, 9.17) is 17.5 Å². The molecule has 0 rings (SSSR count). The van der Waals surface area contributed by atoms with Crippen molar-refractivity contribution in [3.8, 4) is 0 Å². The Balaban J connectivity index is 0. The first-order valence-corrected chi connectivity index (χ1v) is 2.00. The summed E-state index contributed by atoms with van der Waals surface area (Å²) >= 11 is 0. The Kier molecular flexibility index (Phi) is 5.78. The van der Waals surface area contributed by atoms with Gasteiger partial charge in [0.15, 0.2) is 0 Å². The zero-order valence-electron chi connectivity index (χ0n) is 2.75. The summed E-state index contributed by atoms with van der Waals surface area (Å²) in [6.45, 7) is 0. The summed E-state index contributed by atoms with van der Waals surface area (Å²) in [6.07, 6.45) is 0. The fraction of sp³-hybridized carbons (Fsp3) is 0. The standard InChI is InChI=1S/H2O4S.Ra/c1-5(2,3)4;/h(H2,1,2,3,4);/p-2. The molecule has 0 aromatic carbocycles. The molecular formula is O4RaS-2. The van der Waals surface area contributed by atoms with Gasteiger partial charge in [-0.2, -0.15) is 0 Å². The maximum absolute atomic E-state index is 8.52. The Morgan fingerprint density at radius 3 is 1.17 bits per heavy atom. The summed E-state index contributed by atoms with van der Waals surface area (Å²) in [6, 6.07) is 0. The zero-order chi connectivity index (χ0) is 4.50. The van der Waals surface area contributed by atoms with Gasteiger partial charge in [0, 0.05) is 55.4 Å². The normalized spacial score (nSPS) is 9.67. The van der Waals surface area contributed by atoms with Crippen LogP contribution in [0.3, 0.4) is 0 Å². The van der Waals surface area contributed by atoms with E-state index in [1.165, 1.54) is 0 Å². The van der Waals surface area contributed by atoms with Gasteiger partial charge in [0.25, 0.3) is 0 Å². The maximum atomic E-state index is 8.52. The third-order valence-corrected chi connectivity index (χ3v) is 0. The average Bonchev–Trinajstić information content (AvgIpc) is 0.722. The van der Waals surface area contributed by atoms with Crippen molar-refractivity contribution < 1.29 is 62.5 Å². The summed E-state index contributed by atoms with van der Waals surface area (Å²) < 4.78 is 34.1. The third kappa shape index (κ3) is 56.1. The summed E-state index contributed by atoms with van der Waals surface area (Å²) in [4.78, 5) is 0. The van der Waals surface area contributed by atoms with E-state index in [1.807, 2.05) is 0 Å². The van der Waals surface area contributed by atoms with Gasteiger partial charge in [0.05, 0.1) is 0 Å². The van der Waals surface area contributed by atoms with Gasteiger partial charge in [-0.15, -0.1) is 0 Å². The molecule has 0 N–H and O–H groups in total. The van der Waals surface area contributed by atoms with Crippen molar-refractivity contribution in [1.82, 2.24) is 0 Å². The molecule has 0 aliphatic heterocycles. The molecule has 34 valence electrons. The molecule has 6 heteroatoms. The predicted molar refractivity (Wildman–Crippen MR) is 10.5 cm³/mol. The minimum absolute atomic E-state index is 0. The molecule has 0 aliphatic rings. The molecule has 0 unspecified atom stereocenters. The Hall–Kier alpha value is 1.34. The molecular weight excluding hydrogens is 322 g/mol. The largest absolute Gasteiger partial charge is 0.759 e. The summed E-state index contributed by atoms with van der Waals surface area (Å²) in [5, 5.41) is 0. The second-order valence-electron chi connectivity index (χ2n) is 0.408. The first-order chi connectivity index (χ1) is 2.00. The number of rotatable bonds is 0. The van der Waals surface area contributed by atoms with Crippen LogP contribution in [0.1, 0.15) is 0 Å². The minimum Gasteiger partial charge on any atom is -0.759 e. The van der Waals surface area contributed by atoms with Crippen LogP contribution in [0.5, 0.6) is 0 Å². The first kappa shape index (κ1) is 10.3. The Morgan fingerprint density at radius 2 is 1.17 bits per heavy atom. The van der Waals surface area contributed by atoms with E-state index in [2.05, 4.69) is 0 Å². The van der Waals surface area contributed by atoms with Crippen LogP contribution in [0.2, 0.25) is 0 Å². The average molecular weight is 322 g/mol. The number of hydrogen-bond donors (Lipinski definition) is 0. The fourth-order valence-electron chi connectivity index (χ4n) is 0. The molecule has 0 saturated carbocycles. The monoisotopic (exact) mass is 322 g/mol. The summed E-state index contributed by atoms with van der Waals surface area (Å²) in [7, 11) is -5.17. The van der Waals surface area contributed by atoms with Crippen LogP contribution in [0.25, 0.3) is 0 Å². The van der Waals surface area contributed by atoms with Gasteiger partial charge in [-0.25, -0.2) is 0 Å². The van der Waals surface area contributed by atoms with E-state index < -0.39 is 10.4 Å². The van der Waals surface area contributed by atoms with E-state index in [0.717, 1.165) is 0 Å². The molecule has 0 atom stereocenters. The summed E-state index contributed by atoms with van der Waals surface area (Å²) in [5.74, 6) is 0. The summed E-state index contributed by atoms with van der Waals surface area (Å²) in [5.41, 5.74) is 0. The fourth-order valence-corrected chi connectivity index (χ4v) is 0. The van der Waals surface area contributed by atoms with Crippen LogP contribution in [-0.2, 0) is 10.4 Å². The predicted octanol–water partition coefficient (Wildman–Crippen LogP) is -1.34. The van der Waals surface area contributed by atoms with Crippen molar-refractivity contribution in [2.75, 3.05) is 0 Å². The Morgan fingerprint density at radius 1 is 1.17 bits per heavy atom. The molecule has 0 spiro atoms. The second-order valence-corrected chi connectivity index (χ2v) is 1.22. The smallest absolute Gasteiger partial charge is 0.0311 e. The van der Waals surface area contributed by atoms with Gasteiger partial charge in [0.1, 0.15) is 0 Å².